The number of carbonyl (C=O) groups is 2. The topological polar surface area (TPSA) is 57.6 Å². The van der Waals surface area contributed by atoms with Gasteiger partial charge in [-0.2, -0.15) is 13.2 Å². The van der Waals surface area contributed by atoms with E-state index in [9.17, 15) is 22.8 Å². The van der Waals surface area contributed by atoms with Gasteiger partial charge in [0.15, 0.2) is 0 Å². The van der Waals surface area contributed by atoms with Crippen LogP contribution in [-0.2, 0) is 13.2 Å². The number of rotatable bonds is 2. The zero-order valence-electron chi connectivity index (χ0n) is 19.7. The quantitative estimate of drug-likeness (QED) is 0.451. The van der Waals surface area contributed by atoms with Gasteiger partial charge in [-0.05, 0) is 48.9 Å². The van der Waals surface area contributed by atoms with Gasteiger partial charge < -0.3 is 19.7 Å². The summed E-state index contributed by atoms with van der Waals surface area (Å²) in [5.74, 6) is -0.0189. The molecular weight excluding hydrogens is 493 g/mol. The first-order chi connectivity index (χ1) is 17.1. The molecule has 0 bridgehead atoms. The third-order valence-electron chi connectivity index (χ3n) is 7.56. The Balaban J connectivity index is 1.23. The SMILES string of the molecule is Cn1c(C(=O)N2CCC3(CCN(C(=O)Nc4c(Cl)cccc4C(F)(F)F)C3)CC2)cc2ccccc21. The van der Waals surface area contributed by atoms with Gasteiger partial charge in [0, 0.05) is 44.1 Å². The molecule has 0 radical (unpaired) electrons. The largest absolute Gasteiger partial charge is 0.418 e. The minimum Gasteiger partial charge on any atom is -0.340 e. The number of carbonyl (C=O) groups excluding carboxylic acids is 2. The highest BCUT2D eigenvalue weighted by Crippen LogP contribution is 2.42. The maximum atomic E-state index is 13.4. The number of aryl methyl sites for hydroxylation is 1. The third-order valence-corrected chi connectivity index (χ3v) is 7.87. The summed E-state index contributed by atoms with van der Waals surface area (Å²) in [6.45, 7) is 2.01. The van der Waals surface area contributed by atoms with E-state index in [1.54, 1.807) is 4.90 Å². The van der Waals surface area contributed by atoms with E-state index in [1.807, 2.05) is 46.8 Å². The van der Waals surface area contributed by atoms with E-state index in [0.717, 1.165) is 36.2 Å². The lowest BCUT2D eigenvalue weighted by Gasteiger charge is -2.39. The number of piperidine rings is 1. The Kier molecular flexibility index (Phi) is 6.14. The number of hydrogen-bond donors (Lipinski definition) is 1. The molecule has 3 heterocycles. The van der Waals surface area contributed by atoms with E-state index in [0.29, 0.717) is 31.9 Å². The second-order valence-electron chi connectivity index (χ2n) is 9.70. The van der Waals surface area contributed by atoms with Gasteiger partial charge in [0.25, 0.3) is 5.91 Å². The minimum absolute atomic E-state index is 0.0189. The predicted molar refractivity (Wildman–Crippen MR) is 132 cm³/mol. The molecule has 0 atom stereocenters. The van der Waals surface area contributed by atoms with E-state index in [-0.39, 0.29) is 16.3 Å². The number of para-hydroxylation sites is 2. The van der Waals surface area contributed by atoms with E-state index >= 15 is 0 Å². The molecule has 36 heavy (non-hydrogen) atoms. The van der Waals surface area contributed by atoms with Crippen molar-refractivity contribution in [3.63, 3.8) is 0 Å². The lowest BCUT2D eigenvalue weighted by Crippen LogP contribution is -2.45. The summed E-state index contributed by atoms with van der Waals surface area (Å²) >= 11 is 5.99. The Bertz CT molecular complexity index is 1330. The number of nitrogens with zero attached hydrogens (tertiary/aromatic N) is 3. The van der Waals surface area contributed by atoms with Gasteiger partial charge in [-0.25, -0.2) is 4.79 Å². The number of halogens is 4. The summed E-state index contributed by atoms with van der Waals surface area (Å²) in [6, 6.07) is 12.6. The second kappa shape index (κ2) is 9.03. The van der Waals surface area contributed by atoms with Gasteiger partial charge >= 0.3 is 12.2 Å². The van der Waals surface area contributed by atoms with Crippen LogP contribution in [0.15, 0.2) is 48.5 Å². The van der Waals surface area contributed by atoms with Crippen molar-refractivity contribution in [1.82, 2.24) is 14.4 Å². The highest BCUT2D eigenvalue weighted by molar-refractivity contribution is 6.34. The van der Waals surface area contributed by atoms with Crippen molar-refractivity contribution >= 4 is 40.1 Å². The molecule has 10 heteroatoms. The summed E-state index contributed by atoms with van der Waals surface area (Å²) in [4.78, 5) is 29.5. The Labute approximate surface area is 211 Å². The van der Waals surface area contributed by atoms with Crippen LogP contribution in [0, 0.1) is 5.41 Å². The number of alkyl halides is 3. The molecule has 190 valence electrons. The van der Waals surface area contributed by atoms with Gasteiger partial charge in [-0.1, -0.05) is 35.9 Å². The fourth-order valence-electron chi connectivity index (χ4n) is 5.43. The number of benzene rings is 2. The Morgan fingerprint density at radius 3 is 2.31 bits per heavy atom. The molecule has 1 spiro atoms. The number of likely N-dealkylation sites (tertiary alicyclic amines) is 2. The number of nitrogens with one attached hydrogen (secondary N) is 1. The molecular formula is C26H26ClF3N4O2. The number of amides is 3. The van der Waals surface area contributed by atoms with Crippen LogP contribution in [0.1, 0.15) is 35.3 Å². The van der Waals surface area contributed by atoms with Crippen molar-refractivity contribution in [2.75, 3.05) is 31.5 Å². The molecule has 5 rings (SSSR count). The molecule has 3 aromatic rings. The van der Waals surface area contributed by atoms with E-state index in [2.05, 4.69) is 5.32 Å². The van der Waals surface area contributed by atoms with Crippen molar-refractivity contribution in [3.8, 4) is 0 Å². The second-order valence-corrected chi connectivity index (χ2v) is 10.1. The van der Waals surface area contributed by atoms with Crippen LogP contribution >= 0.6 is 11.6 Å². The molecule has 6 nitrogen and oxygen atoms in total. The van der Waals surface area contributed by atoms with Gasteiger partial charge in [-0.3, -0.25) is 4.79 Å². The molecule has 2 aromatic carbocycles. The number of hydrogen-bond acceptors (Lipinski definition) is 2. The molecule has 1 aromatic heterocycles. The van der Waals surface area contributed by atoms with Crippen LogP contribution < -0.4 is 5.32 Å². The summed E-state index contributed by atoms with van der Waals surface area (Å²) in [7, 11) is 1.89. The van der Waals surface area contributed by atoms with E-state index in [4.69, 9.17) is 11.6 Å². The summed E-state index contributed by atoms with van der Waals surface area (Å²) in [5.41, 5.74) is 0.0876. The Hall–Kier alpha value is -3.20. The molecule has 0 aliphatic carbocycles. The average molecular weight is 519 g/mol. The molecule has 2 fully saturated rings. The third kappa shape index (κ3) is 4.40. The summed E-state index contributed by atoms with van der Waals surface area (Å²) < 4.78 is 42.1. The molecule has 2 aliphatic rings. The lowest BCUT2D eigenvalue weighted by molar-refractivity contribution is -0.136. The molecule has 0 unspecified atom stereocenters. The average Bonchev–Trinajstić information content (AvgIpc) is 3.41. The van der Waals surface area contributed by atoms with Crippen LogP contribution in [0.2, 0.25) is 5.02 Å². The molecule has 0 saturated carbocycles. The molecule has 1 N–H and O–H groups in total. The fraction of sp³-hybridized carbons (Fsp3) is 0.385. The van der Waals surface area contributed by atoms with E-state index in [1.165, 1.54) is 12.1 Å². The standard InChI is InChI=1S/C26H26ClF3N4O2/c1-32-20-8-3-2-5-17(20)15-21(32)23(35)33-12-9-25(10-13-33)11-14-34(16-25)24(36)31-22-18(26(28,29)30)6-4-7-19(22)27/h2-8,15H,9-14,16H2,1H3,(H,31,36). The number of anilines is 1. The maximum Gasteiger partial charge on any atom is 0.418 e. The van der Waals surface area contributed by atoms with Crippen LogP contribution in [0.25, 0.3) is 10.9 Å². The number of fused-ring (bicyclic) bond motifs is 1. The zero-order chi connectivity index (χ0) is 25.7. The van der Waals surface area contributed by atoms with Crippen molar-refractivity contribution in [3.05, 3.63) is 64.8 Å². The first-order valence-corrected chi connectivity index (χ1v) is 12.2. The Morgan fingerprint density at radius 2 is 1.64 bits per heavy atom. The van der Waals surface area contributed by atoms with Crippen LogP contribution in [0.4, 0.5) is 23.7 Å². The molecule has 2 saturated heterocycles. The molecule has 2 aliphatic heterocycles. The van der Waals surface area contributed by atoms with Gasteiger partial charge in [0.2, 0.25) is 0 Å². The highest BCUT2D eigenvalue weighted by atomic mass is 35.5. The number of urea groups is 1. The van der Waals surface area contributed by atoms with Crippen molar-refractivity contribution in [2.24, 2.45) is 12.5 Å². The smallest absolute Gasteiger partial charge is 0.340 e. The summed E-state index contributed by atoms with van der Waals surface area (Å²) in [6.07, 6.45) is -2.44. The van der Waals surface area contributed by atoms with Crippen LogP contribution in [0.5, 0.6) is 0 Å². The van der Waals surface area contributed by atoms with Crippen molar-refractivity contribution < 1.29 is 22.8 Å². The van der Waals surface area contributed by atoms with Crippen molar-refractivity contribution in [2.45, 2.75) is 25.4 Å². The van der Waals surface area contributed by atoms with E-state index < -0.39 is 23.5 Å². The molecule has 3 amide bonds. The Morgan fingerprint density at radius 1 is 0.972 bits per heavy atom. The fourth-order valence-corrected chi connectivity index (χ4v) is 5.65. The lowest BCUT2D eigenvalue weighted by atomic mass is 9.77. The highest BCUT2D eigenvalue weighted by Gasteiger charge is 2.43. The zero-order valence-corrected chi connectivity index (χ0v) is 20.5. The van der Waals surface area contributed by atoms with Gasteiger partial charge in [0.1, 0.15) is 5.69 Å². The van der Waals surface area contributed by atoms with Crippen molar-refractivity contribution in [1.29, 1.82) is 0 Å². The van der Waals surface area contributed by atoms with Gasteiger partial charge in [-0.15, -0.1) is 0 Å². The maximum absolute atomic E-state index is 13.4. The predicted octanol–water partition coefficient (Wildman–Crippen LogP) is 6.01. The summed E-state index contributed by atoms with van der Waals surface area (Å²) in [5, 5.41) is 3.24. The van der Waals surface area contributed by atoms with Crippen LogP contribution in [0.3, 0.4) is 0 Å². The first-order valence-electron chi connectivity index (χ1n) is 11.8. The minimum atomic E-state index is -4.64. The van der Waals surface area contributed by atoms with Gasteiger partial charge in [0.05, 0.1) is 16.3 Å². The van der Waals surface area contributed by atoms with Crippen LogP contribution in [-0.4, -0.2) is 52.5 Å². The first kappa shape index (κ1) is 24.5. The monoisotopic (exact) mass is 518 g/mol. The number of aromatic nitrogens is 1. The normalized spacial score (nSPS) is 17.7.